The molecule has 1 heterocycles. The first-order valence-electron chi connectivity index (χ1n) is 7.40. The lowest BCUT2D eigenvalue weighted by atomic mass is 10.1. The van der Waals surface area contributed by atoms with Crippen molar-refractivity contribution in [1.82, 2.24) is 10.2 Å². The number of nitrogens with one attached hydrogen (secondary N) is 1. The van der Waals surface area contributed by atoms with E-state index in [0.29, 0.717) is 31.0 Å². The Balaban J connectivity index is 1.82. The van der Waals surface area contributed by atoms with E-state index in [9.17, 15) is 9.59 Å². The van der Waals surface area contributed by atoms with E-state index in [1.165, 1.54) is 0 Å². The summed E-state index contributed by atoms with van der Waals surface area (Å²) in [5.74, 6) is 0.144. The van der Waals surface area contributed by atoms with Crippen LogP contribution < -0.4 is 5.32 Å². The van der Waals surface area contributed by atoms with E-state index < -0.39 is 0 Å². The SMILES string of the molecule is CCCC(=O)N[C@@H]1CC(=O)N(CCc2cccc(Cl)c2)C1. The van der Waals surface area contributed by atoms with Gasteiger partial charge in [0.15, 0.2) is 0 Å². The van der Waals surface area contributed by atoms with Crippen LogP contribution in [0.5, 0.6) is 0 Å². The molecule has 4 nitrogen and oxygen atoms in total. The number of hydrogen-bond donors (Lipinski definition) is 1. The molecule has 2 amide bonds. The molecular weight excluding hydrogens is 288 g/mol. The second-order valence-electron chi connectivity index (χ2n) is 5.44. The van der Waals surface area contributed by atoms with Gasteiger partial charge in [-0.05, 0) is 30.5 Å². The maximum Gasteiger partial charge on any atom is 0.224 e. The molecule has 1 saturated heterocycles. The van der Waals surface area contributed by atoms with Gasteiger partial charge in [-0.15, -0.1) is 0 Å². The maximum atomic E-state index is 12.0. The highest BCUT2D eigenvalue weighted by Gasteiger charge is 2.29. The Morgan fingerprint density at radius 2 is 2.29 bits per heavy atom. The molecule has 1 aliphatic rings. The normalized spacial score (nSPS) is 18.1. The summed E-state index contributed by atoms with van der Waals surface area (Å²) in [4.78, 5) is 25.4. The van der Waals surface area contributed by atoms with E-state index >= 15 is 0 Å². The quantitative estimate of drug-likeness (QED) is 0.877. The number of rotatable bonds is 6. The largest absolute Gasteiger partial charge is 0.351 e. The number of hydrogen-bond acceptors (Lipinski definition) is 2. The summed E-state index contributed by atoms with van der Waals surface area (Å²) in [6.07, 6.45) is 2.53. The van der Waals surface area contributed by atoms with E-state index in [1.807, 2.05) is 36.1 Å². The van der Waals surface area contributed by atoms with Crippen molar-refractivity contribution >= 4 is 23.4 Å². The Bertz CT molecular complexity index is 519. The Morgan fingerprint density at radius 1 is 1.48 bits per heavy atom. The first-order valence-corrected chi connectivity index (χ1v) is 7.78. The van der Waals surface area contributed by atoms with Crippen molar-refractivity contribution in [1.29, 1.82) is 0 Å². The van der Waals surface area contributed by atoms with Gasteiger partial charge in [0.05, 0.1) is 6.04 Å². The van der Waals surface area contributed by atoms with Crippen LogP contribution in [0.4, 0.5) is 0 Å². The summed E-state index contributed by atoms with van der Waals surface area (Å²) in [6, 6.07) is 7.63. The molecule has 0 spiro atoms. The lowest BCUT2D eigenvalue weighted by Gasteiger charge is -2.17. The summed E-state index contributed by atoms with van der Waals surface area (Å²) < 4.78 is 0. The van der Waals surface area contributed by atoms with Crippen molar-refractivity contribution in [2.75, 3.05) is 13.1 Å². The lowest BCUT2D eigenvalue weighted by molar-refractivity contribution is -0.127. The lowest BCUT2D eigenvalue weighted by Crippen LogP contribution is -2.37. The second kappa shape index (κ2) is 7.46. The Hall–Kier alpha value is -1.55. The average Bonchev–Trinajstić information content (AvgIpc) is 2.77. The van der Waals surface area contributed by atoms with Gasteiger partial charge in [-0.3, -0.25) is 9.59 Å². The first-order chi connectivity index (χ1) is 10.1. The van der Waals surface area contributed by atoms with Crippen LogP contribution in [-0.2, 0) is 16.0 Å². The number of amides is 2. The Kier molecular flexibility index (Phi) is 5.62. The average molecular weight is 309 g/mol. The third kappa shape index (κ3) is 4.74. The van der Waals surface area contributed by atoms with Crippen LogP contribution in [0.25, 0.3) is 0 Å². The van der Waals surface area contributed by atoms with Crippen molar-refractivity contribution in [3.63, 3.8) is 0 Å². The number of benzene rings is 1. The minimum Gasteiger partial charge on any atom is -0.351 e. The molecule has 0 bridgehead atoms. The van der Waals surface area contributed by atoms with Gasteiger partial charge >= 0.3 is 0 Å². The van der Waals surface area contributed by atoms with Crippen molar-refractivity contribution in [3.8, 4) is 0 Å². The zero-order valence-corrected chi connectivity index (χ0v) is 13.0. The van der Waals surface area contributed by atoms with Gasteiger partial charge in [0.25, 0.3) is 0 Å². The van der Waals surface area contributed by atoms with Crippen molar-refractivity contribution in [3.05, 3.63) is 34.9 Å². The molecule has 2 rings (SSSR count). The van der Waals surface area contributed by atoms with Crippen LogP contribution in [-0.4, -0.2) is 35.8 Å². The van der Waals surface area contributed by atoms with Gasteiger partial charge in [0.2, 0.25) is 11.8 Å². The summed E-state index contributed by atoms with van der Waals surface area (Å²) in [5, 5.41) is 3.64. The molecule has 5 heteroatoms. The van der Waals surface area contributed by atoms with Crippen molar-refractivity contribution < 1.29 is 9.59 Å². The molecule has 1 N–H and O–H groups in total. The Labute approximate surface area is 130 Å². The predicted molar refractivity (Wildman–Crippen MR) is 83.2 cm³/mol. The summed E-state index contributed by atoms with van der Waals surface area (Å²) in [7, 11) is 0. The minimum atomic E-state index is -0.0455. The van der Waals surface area contributed by atoms with E-state index in [2.05, 4.69) is 5.32 Å². The highest BCUT2D eigenvalue weighted by molar-refractivity contribution is 6.30. The highest BCUT2D eigenvalue weighted by Crippen LogP contribution is 2.15. The molecule has 0 aliphatic carbocycles. The Morgan fingerprint density at radius 3 is 3.00 bits per heavy atom. The number of halogens is 1. The molecule has 0 unspecified atom stereocenters. The fourth-order valence-electron chi connectivity index (χ4n) is 2.57. The van der Waals surface area contributed by atoms with Gasteiger partial charge in [0, 0.05) is 31.0 Å². The summed E-state index contributed by atoms with van der Waals surface area (Å²) in [5.41, 5.74) is 1.12. The molecule has 0 saturated carbocycles. The van der Waals surface area contributed by atoms with Crippen LogP contribution in [0, 0.1) is 0 Å². The fourth-order valence-corrected chi connectivity index (χ4v) is 2.78. The van der Waals surface area contributed by atoms with Crippen LogP contribution in [0.3, 0.4) is 0 Å². The summed E-state index contributed by atoms with van der Waals surface area (Å²) >= 11 is 5.95. The van der Waals surface area contributed by atoms with Crippen LogP contribution in [0.2, 0.25) is 5.02 Å². The maximum absolute atomic E-state index is 12.0. The third-order valence-electron chi connectivity index (χ3n) is 3.62. The summed E-state index contributed by atoms with van der Waals surface area (Å²) in [6.45, 7) is 3.24. The predicted octanol–water partition coefficient (Wildman–Crippen LogP) is 2.40. The van der Waals surface area contributed by atoms with E-state index in [4.69, 9.17) is 11.6 Å². The molecule has 0 radical (unpaired) electrons. The number of carbonyl (C=O) groups is 2. The number of likely N-dealkylation sites (tertiary alicyclic amines) is 1. The van der Waals surface area contributed by atoms with E-state index in [0.717, 1.165) is 18.4 Å². The fraction of sp³-hybridized carbons (Fsp3) is 0.500. The van der Waals surface area contributed by atoms with E-state index in [-0.39, 0.29) is 17.9 Å². The molecular formula is C16H21ClN2O2. The number of carbonyl (C=O) groups excluding carboxylic acids is 2. The third-order valence-corrected chi connectivity index (χ3v) is 3.85. The van der Waals surface area contributed by atoms with Gasteiger partial charge in [-0.2, -0.15) is 0 Å². The van der Waals surface area contributed by atoms with E-state index in [1.54, 1.807) is 0 Å². The standard InChI is InChI=1S/C16H21ClN2O2/c1-2-4-15(20)18-14-10-16(21)19(11-14)8-7-12-5-3-6-13(17)9-12/h3,5-6,9,14H,2,4,7-8,10-11H2,1H3,(H,18,20)/t14-/m1/s1. The minimum absolute atomic E-state index is 0.0343. The van der Waals surface area contributed by atoms with Crippen molar-refractivity contribution in [2.45, 2.75) is 38.6 Å². The molecule has 1 aromatic rings. The van der Waals surface area contributed by atoms with Gasteiger partial charge in [0.1, 0.15) is 0 Å². The topological polar surface area (TPSA) is 49.4 Å². The van der Waals surface area contributed by atoms with Crippen LogP contribution >= 0.6 is 11.6 Å². The van der Waals surface area contributed by atoms with Crippen molar-refractivity contribution in [2.24, 2.45) is 0 Å². The number of nitrogens with zero attached hydrogens (tertiary/aromatic N) is 1. The van der Waals surface area contributed by atoms with Crippen LogP contribution in [0.15, 0.2) is 24.3 Å². The van der Waals surface area contributed by atoms with Gasteiger partial charge < -0.3 is 10.2 Å². The smallest absolute Gasteiger partial charge is 0.224 e. The first kappa shape index (κ1) is 15.8. The molecule has 114 valence electrons. The second-order valence-corrected chi connectivity index (χ2v) is 5.87. The van der Waals surface area contributed by atoms with Gasteiger partial charge in [-0.1, -0.05) is 30.7 Å². The molecule has 1 fully saturated rings. The molecule has 1 aromatic carbocycles. The highest BCUT2D eigenvalue weighted by atomic mass is 35.5. The zero-order chi connectivity index (χ0) is 15.2. The zero-order valence-electron chi connectivity index (χ0n) is 12.3. The molecule has 1 aliphatic heterocycles. The van der Waals surface area contributed by atoms with Gasteiger partial charge in [-0.25, -0.2) is 0 Å². The molecule has 1 atom stereocenters. The molecule has 21 heavy (non-hydrogen) atoms. The monoisotopic (exact) mass is 308 g/mol. The molecule has 0 aromatic heterocycles. The van der Waals surface area contributed by atoms with Crippen LogP contribution in [0.1, 0.15) is 31.7 Å².